The van der Waals surface area contributed by atoms with Crippen LogP contribution >= 0.6 is 11.6 Å². The van der Waals surface area contributed by atoms with Crippen LogP contribution < -0.4 is 0 Å². The summed E-state index contributed by atoms with van der Waals surface area (Å²) >= 11 is 6.07. The van der Waals surface area contributed by atoms with Crippen LogP contribution in [0, 0.1) is 37.9 Å². The molecule has 2 aromatic rings. The molecule has 3 heteroatoms. The van der Waals surface area contributed by atoms with Crippen LogP contribution in [0.2, 0.25) is 5.02 Å². The molecule has 1 atom stereocenters. The van der Waals surface area contributed by atoms with E-state index in [1.807, 2.05) is 20.8 Å². The van der Waals surface area contributed by atoms with Crippen molar-refractivity contribution in [2.45, 2.75) is 33.1 Å². The average molecular weight is 302 g/mol. The van der Waals surface area contributed by atoms with Gasteiger partial charge in [0.25, 0.3) is 0 Å². The number of nitriles is 1. The zero-order valence-electron chi connectivity index (χ0n) is 12.4. The van der Waals surface area contributed by atoms with Gasteiger partial charge in [-0.05, 0) is 56.0 Å². The Bertz CT molecular complexity index is 672. The Morgan fingerprint density at radius 2 is 1.81 bits per heavy atom. The summed E-state index contributed by atoms with van der Waals surface area (Å²) in [5, 5.41) is 9.90. The van der Waals surface area contributed by atoms with E-state index in [9.17, 15) is 9.65 Å². The lowest BCUT2D eigenvalue weighted by atomic mass is 9.86. The summed E-state index contributed by atoms with van der Waals surface area (Å²) in [6.45, 7) is 6.00. The number of rotatable bonds is 3. The summed E-state index contributed by atoms with van der Waals surface area (Å²) in [4.78, 5) is 0. The fraction of sp³-hybridized carbons (Fsp3) is 0.278. The predicted octanol–water partition coefficient (Wildman–Crippen LogP) is 5.25. The van der Waals surface area contributed by atoms with Crippen molar-refractivity contribution in [1.29, 1.82) is 5.26 Å². The van der Waals surface area contributed by atoms with Crippen LogP contribution in [0.5, 0.6) is 0 Å². The molecule has 108 valence electrons. The van der Waals surface area contributed by atoms with Gasteiger partial charge in [0.2, 0.25) is 0 Å². The van der Waals surface area contributed by atoms with Crippen LogP contribution in [-0.4, -0.2) is 0 Å². The fourth-order valence-electron chi connectivity index (χ4n) is 2.88. The van der Waals surface area contributed by atoms with Gasteiger partial charge < -0.3 is 0 Å². The van der Waals surface area contributed by atoms with Crippen molar-refractivity contribution in [3.8, 4) is 6.07 Å². The van der Waals surface area contributed by atoms with Crippen LogP contribution in [0.3, 0.4) is 0 Å². The lowest BCUT2D eigenvalue weighted by Gasteiger charge is -2.17. The van der Waals surface area contributed by atoms with E-state index < -0.39 is 5.92 Å². The lowest BCUT2D eigenvalue weighted by molar-refractivity contribution is 0.604. The Morgan fingerprint density at radius 1 is 1.19 bits per heavy atom. The molecule has 0 saturated heterocycles. The van der Waals surface area contributed by atoms with Gasteiger partial charge in [-0.15, -0.1) is 0 Å². The Balaban J connectivity index is 2.45. The summed E-state index contributed by atoms with van der Waals surface area (Å²) in [5.41, 5.74) is 4.67. The number of hydrogen-bond acceptors (Lipinski definition) is 1. The van der Waals surface area contributed by atoms with E-state index in [4.69, 9.17) is 11.6 Å². The molecular formula is C18H17ClFN. The number of benzene rings is 2. The number of hydrogen-bond donors (Lipinski definition) is 0. The van der Waals surface area contributed by atoms with Crippen molar-refractivity contribution in [3.63, 3.8) is 0 Å². The van der Waals surface area contributed by atoms with E-state index in [2.05, 4.69) is 18.2 Å². The van der Waals surface area contributed by atoms with E-state index in [1.54, 1.807) is 12.1 Å². The van der Waals surface area contributed by atoms with Gasteiger partial charge >= 0.3 is 0 Å². The molecule has 0 N–H and O–H groups in total. The third-order valence-corrected chi connectivity index (χ3v) is 4.07. The molecule has 2 aromatic carbocycles. The predicted molar refractivity (Wildman–Crippen MR) is 84.1 cm³/mol. The van der Waals surface area contributed by atoms with Crippen LogP contribution in [0.25, 0.3) is 0 Å². The normalized spacial score (nSPS) is 12.0. The molecule has 2 rings (SSSR count). The van der Waals surface area contributed by atoms with E-state index in [1.165, 1.54) is 6.07 Å². The Morgan fingerprint density at radius 3 is 2.33 bits per heavy atom. The second-order valence-electron chi connectivity index (χ2n) is 5.40. The zero-order valence-corrected chi connectivity index (χ0v) is 13.1. The molecule has 0 radical (unpaired) electrons. The van der Waals surface area contributed by atoms with Crippen molar-refractivity contribution >= 4 is 11.6 Å². The summed E-state index contributed by atoms with van der Waals surface area (Å²) in [6.07, 6.45) is 0.284. The quantitative estimate of drug-likeness (QED) is 0.759. The van der Waals surface area contributed by atoms with Crippen LogP contribution in [0.15, 0.2) is 30.3 Å². The molecule has 0 aromatic heterocycles. The summed E-state index contributed by atoms with van der Waals surface area (Å²) in [6, 6.07) is 11.0. The van der Waals surface area contributed by atoms with E-state index in [0.717, 1.165) is 22.3 Å². The molecule has 0 aliphatic rings. The molecule has 0 spiro atoms. The Hall–Kier alpha value is -1.85. The molecule has 0 amide bonds. The highest BCUT2D eigenvalue weighted by Gasteiger charge is 2.20. The van der Waals surface area contributed by atoms with Crippen molar-refractivity contribution in [1.82, 2.24) is 0 Å². The topological polar surface area (TPSA) is 23.8 Å². The van der Waals surface area contributed by atoms with Gasteiger partial charge in [0.05, 0.1) is 12.0 Å². The SMILES string of the molecule is Cc1cc(C)c(C(C#N)Cc2c(F)cccc2Cl)c(C)c1. The van der Waals surface area contributed by atoms with Crippen molar-refractivity contribution in [3.05, 3.63) is 69.0 Å². The maximum atomic E-state index is 13.9. The van der Waals surface area contributed by atoms with E-state index >= 15 is 0 Å². The van der Waals surface area contributed by atoms with E-state index in [-0.39, 0.29) is 12.2 Å². The highest BCUT2D eigenvalue weighted by Crippen LogP contribution is 2.31. The molecular weight excluding hydrogens is 285 g/mol. The summed E-state index contributed by atoms with van der Waals surface area (Å²) in [5.74, 6) is -0.759. The first-order valence-corrected chi connectivity index (χ1v) is 7.22. The zero-order chi connectivity index (χ0) is 15.6. The molecule has 0 saturated carbocycles. The number of nitrogens with zero attached hydrogens (tertiary/aromatic N) is 1. The van der Waals surface area contributed by atoms with Gasteiger partial charge in [0, 0.05) is 10.6 Å². The smallest absolute Gasteiger partial charge is 0.127 e. The second kappa shape index (κ2) is 6.28. The van der Waals surface area contributed by atoms with Gasteiger partial charge in [-0.1, -0.05) is 35.4 Å². The van der Waals surface area contributed by atoms with Gasteiger partial charge in [-0.25, -0.2) is 4.39 Å². The van der Waals surface area contributed by atoms with Crippen molar-refractivity contribution in [2.24, 2.45) is 0 Å². The van der Waals surface area contributed by atoms with Crippen LogP contribution in [-0.2, 0) is 6.42 Å². The van der Waals surface area contributed by atoms with Gasteiger partial charge in [-0.2, -0.15) is 5.26 Å². The third kappa shape index (κ3) is 3.25. The minimum atomic E-state index is -0.403. The van der Waals surface area contributed by atoms with Gasteiger partial charge in [0.15, 0.2) is 0 Å². The molecule has 1 nitrogen and oxygen atoms in total. The largest absolute Gasteiger partial charge is 0.207 e. The van der Waals surface area contributed by atoms with Gasteiger partial charge in [0.1, 0.15) is 5.82 Å². The third-order valence-electron chi connectivity index (χ3n) is 3.71. The molecule has 0 bridgehead atoms. The minimum Gasteiger partial charge on any atom is -0.207 e. The molecule has 0 aliphatic carbocycles. The minimum absolute atomic E-state index is 0.284. The van der Waals surface area contributed by atoms with Crippen LogP contribution in [0.1, 0.15) is 33.7 Å². The molecule has 21 heavy (non-hydrogen) atoms. The first-order chi connectivity index (χ1) is 9.93. The first kappa shape index (κ1) is 15.5. The van der Waals surface area contributed by atoms with Gasteiger partial charge in [-0.3, -0.25) is 0 Å². The van der Waals surface area contributed by atoms with E-state index in [0.29, 0.717) is 10.6 Å². The monoisotopic (exact) mass is 301 g/mol. The number of aryl methyl sites for hydroxylation is 3. The fourth-order valence-corrected chi connectivity index (χ4v) is 3.12. The average Bonchev–Trinajstić information content (AvgIpc) is 2.39. The van der Waals surface area contributed by atoms with Crippen LogP contribution in [0.4, 0.5) is 4.39 Å². The Kier molecular flexibility index (Phi) is 4.65. The van der Waals surface area contributed by atoms with Crippen molar-refractivity contribution in [2.75, 3.05) is 0 Å². The number of halogens is 2. The standard InChI is InChI=1S/C18H17ClFN/c1-11-7-12(2)18(13(3)8-11)14(10-21)9-15-16(19)5-4-6-17(15)20/h4-8,14H,9H2,1-3H3. The first-order valence-electron chi connectivity index (χ1n) is 6.84. The highest BCUT2D eigenvalue weighted by molar-refractivity contribution is 6.31. The molecule has 0 heterocycles. The summed E-state index contributed by atoms with van der Waals surface area (Å²) in [7, 11) is 0. The Labute approximate surface area is 130 Å². The maximum Gasteiger partial charge on any atom is 0.127 e. The maximum absolute atomic E-state index is 13.9. The second-order valence-corrected chi connectivity index (χ2v) is 5.81. The molecule has 0 aliphatic heterocycles. The summed E-state index contributed by atoms with van der Waals surface area (Å²) < 4.78 is 13.9. The van der Waals surface area contributed by atoms with Crippen molar-refractivity contribution < 1.29 is 4.39 Å². The highest BCUT2D eigenvalue weighted by atomic mass is 35.5. The lowest BCUT2D eigenvalue weighted by Crippen LogP contribution is -2.07. The molecule has 1 unspecified atom stereocenters. The molecule has 0 fully saturated rings.